The molecule has 1 aliphatic carbocycles. The van der Waals surface area contributed by atoms with E-state index in [1.807, 2.05) is 39.8 Å². The lowest BCUT2D eigenvalue weighted by atomic mass is 10.0. The summed E-state index contributed by atoms with van der Waals surface area (Å²) in [6.45, 7) is 23.6. The monoisotopic (exact) mass is 440 g/mol. The van der Waals surface area contributed by atoms with Gasteiger partial charge in [0.2, 0.25) is 0 Å². The summed E-state index contributed by atoms with van der Waals surface area (Å²) in [5.41, 5.74) is 4.00. The minimum Gasteiger partial charge on any atom is -0.381 e. The molecule has 0 spiro atoms. The van der Waals surface area contributed by atoms with E-state index in [1.165, 1.54) is 43.3 Å². The lowest BCUT2D eigenvalue weighted by molar-refractivity contribution is 0.252. The molecule has 1 atom stereocenters. The lowest BCUT2D eigenvalue weighted by Crippen LogP contribution is -2.38. The van der Waals surface area contributed by atoms with Gasteiger partial charge in [0.25, 0.3) is 0 Å². The Labute approximate surface area is 200 Å². The van der Waals surface area contributed by atoms with E-state index in [2.05, 4.69) is 67.6 Å². The van der Waals surface area contributed by atoms with Gasteiger partial charge in [-0.25, -0.2) is 0 Å². The van der Waals surface area contributed by atoms with E-state index < -0.39 is 0 Å². The molecule has 1 saturated carbocycles. The third-order valence-electron chi connectivity index (χ3n) is 5.55. The van der Waals surface area contributed by atoms with Crippen molar-refractivity contribution in [3.63, 3.8) is 0 Å². The van der Waals surface area contributed by atoms with Crippen LogP contribution in [-0.2, 0) is 0 Å². The molecule has 2 rings (SSSR count). The molecule has 1 fully saturated rings. The Hall–Kier alpha value is -1.80. The van der Waals surface area contributed by atoms with Crippen molar-refractivity contribution in [1.29, 1.82) is 0 Å². The first-order chi connectivity index (χ1) is 15.7. The summed E-state index contributed by atoms with van der Waals surface area (Å²) in [6, 6.07) is 0.364. The van der Waals surface area contributed by atoms with E-state index in [9.17, 15) is 0 Å². The second-order valence-electron chi connectivity index (χ2n) is 8.01. The van der Waals surface area contributed by atoms with Crippen LogP contribution in [0.5, 0.6) is 0 Å². The summed E-state index contributed by atoms with van der Waals surface area (Å²) in [5, 5.41) is 3.67. The van der Waals surface area contributed by atoms with Crippen LogP contribution in [0.3, 0.4) is 0 Å². The van der Waals surface area contributed by atoms with E-state index in [4.69, 9.17) is 0 Å². The molecule has 1 N–H and O–H groups in total. The largest absolute Gasteiger partial charge is 0.381 e. The zero-order valence-electron chi connectivity index (χ0n) is 22.1. The van der Waals surface area contributed by atoms with E-state index in [1.54, 1.807) is 0 Å². The molecule has 0 aromatic heterocycles. The SMILES string of the molecule is C=C/C=C(\C=C/CC1CC1)NC/C(=C/CC)C1C=C(C=C)CCCN1CCC.CC.CC. The first-order valence-electron chi connectivity index (χ1n) is 13.2. The van der Waals surface area contributed by atoms with Gasteiger partial charge in [0, 0.05) is 12.2 Å². The van der Waals surface area contributed by atoms with E-state index in [0.29, 0.717) is 6.04 Å². The topological polar surface area (TPSA) is 15.3 Å². The molecule has 2 nitrogen and oxygen atoms in total. The highest BCUT2D eigenvalue weighted by Crippen LogP contribution is 2.32. The number of hydrogen-bond acceptors (Lipinski definition) is 2. The lowest BCUT2D eigenvalue weighted by Gasteiger charge is -2.31. The quantitative estimate of drug-likeness (QED) is 0.242. The smallest absolute Gasteiger partial charge is 0.0513 e. The van der Waals surface area contributed by atoms with Crippen molar-refractivity contribution in [1.82, 2.24) is 10.2 Å². The van der Waals surface area contributed by atoms with Crippen molar-refractivity contribution in [3.05, 3.63) is 72.5 Å². The highest BCUT2D eigenvalue weighted by molar-refractivity contribution is 5.30. The van der Waals surface area contributed by atoms with Gasteiger partial charge in [-0.05, 0) is 81.7 Å². The average Bonchev–Trinajstić information content (AvgIpc) is 3.67. The average molecular weight is 441 g/mol. The zero-order valence-corrected chi connectivity index (χ0v) is 22.1. The van der Waals surface area contributed by atoms with Gasteiger partial charge in [0.05, 0.1) is 6.04 Å². The van der Waals surface area contributed by atoms with Crippen LogP contribution in [0.2, 0.25) is 0 Å². The highest BCUT2D eigenvalue weighted by atomic mass is 15.2. The van der Waals surface area contributed by atoms with Crippen LogP contribution in [0, 0.1) is 5.92 Å². The van der Waals surface area contributed by atoms with Gasteiger partial charge < -0.3 is 5.32 Å². The molecule has 0 saturated heterocycles. The number of allylic oxidation sites excluding steroid dienone is 7. The predicted molar refractivity (Wildman–Crippen MR) is 147 cm³/mol. The molecule has 0 aromatic rings. The Morgan fingerprint density at radius 1 is 1.16 bits per heavy atom. The standard InChI is InChI=1S/C26H40N2.2C2H6/c1-5-11-24(21-27-25(12-6-2)15-9-13-23-16-17-23)26-20-22(8-4)14-10-19-28(26)18-7-3;2*1-2/h6,8-9,11-12,15,20,23,26-27H,2,4-5,7,10,13-14,16-19,21H2,1,3H3;2*1-2H3/b15-9-,24-11-,25-12+;;. The molecular formula is C30H52N2. The second-order valence-corrected chi connectivity index (χ2v) is 8.01. The van der Waals surface area contributed by atoms with Crippen LogP contribution in [-0.4, -0.2) is 30.6 Å². The summed E-state index contributed by atoms with van der Waals surface area (Å²) >= 11 is 0. The van der Waals surface area contributed by atoms with Crippen molar-refractivity contribution in [2.45, 2.75) is 92.5 Å². The van der Waals surface area contributed by atoms with Crippen LogP contribution in [0.1, 0.15) is 86.5 Å². The molecule has 2 aliphatic rings. The normalized spacial score (nSPS) is 19.7. The van der Waals surface area contributed by atoms with Gasteiger partial charge in [-0.15, -0.1) is 0 Å². The highest BCUT2D eigenvalue weighted by Gasteiger charge is 2.22. The molecular weight excluding hydrogens is 388 g/mol. The Kier molecular flexibility index (Phi) is 18.7. The fourth-order valence-electron chi connectivity index (χ4n) is 3.87. The van der Waals surface area contributed by atoms with Crippen LogP contribution in [0.15, 0.2) is 72.5 Å². The van der Waals surface area contributed by atoms with Gasteiger partial charge in [0.15, 0.2) is 0 Å². The van der Waals surface area contributed by atoms with Crippen molar-refractivity contribution in [2.24, 2.45) is 5.92 Å². The fourth-order valence-corrected chi connectivity index (χ4v) is 3.87. The Bertz CT molecular complexity index is 617. The molecule has 0 amide bonds. The molecule has 182 valence electrons. The molecule has 32 heavy (non-hydrogen) atoms. The van der Waals surface area contributed by atoms with Crippen molar-refractivity contribution >= 4 is 0 Å². The maximum absolute atomic E-state index is 4.04. The van der Waals surface area contributed by atoms with Crippen LogP contribution in [0.25, 0.3) is 0 Å². The molecule has 0 aromatic carbocycles. The third kappa shape index (κ3) is 12.3. The Morgan fingerprint density at radius 2 is 1.88 bits per heavy atom. The summed E-state index contributed by atoms with van der Waals surface area (Å²) in [4.78, 5) is 2.64. The number of hydrogen-bond donors (Lipinski definition) is 1. The van der Waals surface area contributed by atoms with Crippen molar-refractivity contribution in [2.75, 3.05) is 19.6 Å². The van der Waals surface area contributed by atoms with Crippen LogP contribution in [0.4, 0.5) is 0 Å². The summed E-state index contributed by atoms with van der Waals surface area (Å²) < 4.78 is 0. The van der Waals surface area contributed by atoms with Crippen LogP contribution < -0.4 is 5.32 Å². The summed E-state index contributed by atoms with van der Waals surface area (Å²) in [7, 11) is 0. The summed E-state index contributed by atoms with van der Waals surface area (Å²) in [6.07, 6.45) is 24.0. The van der Waals surface area contributed by atoms with Gasteiger partial charge in [-0.3, -0.25) is 4.90 Å². The number of nitrogens with zero attached hydrogens (tertiary/aromatic N) is 1. The van der Waals surface area contributed by atoms with Gasteiger partial charge in [-0.2, -0.15) is 0 Å². The number of rotatable bonds is 12. The van der Waals surface area contributed by atoms with E-state index in [0.717, 1.165) is 44.1 Å². The molecule has 1 heterocycles. The molecule has 1 aliphatic heterocycles. The van der Waals surface area contributed by atoms with Crippen molar-refractivity contribution in [3.8, 4) is 0 Å². The Morgan fingerprint density at radius 3 is 2.44 bits per heavy atom. The van der Waals surface area contributed by atoms with E-state index >= 15 is 0 Å². The predicted octanol–water partition coefficient (Wildman–Crippen LogP) is 8.38. The van der Waals surface area contributed by atoms with Gasteiger partial charge in [-0.1, -0.05) is 90.7 Å². The second kappa shape index (κ2) is 19.9. The third-order valence-corrected chi connectivity index (χ3v) is 5.55. The minimum absolute atomic E-state index is 0.364. The van der Waals surface area contributed by atoms with Gasteiger partial charge in [0.1, 0.15) is 0 Å². The maximum Gasteiger partial charge on any atom is 0.0513 e. The summed E-state index contributed by atoms with van der Waals surface area (Å²) in [5.74, 6) is 0.924. The van der Waals surface area contributed by atoms with Crippen molar-refractivity contribution < 1.29 is 0 Å². The molecule has 0 bridgehead atoms. The van der Waals surface area contributed by atoms with E-state index in [-0.39, 0.29) is 0 Å². The molecule has 1 unspecified atom stereocenters. The van der Waals surface area contributed by atoms with Crippen LogP contribution >= 0.6 is 0 Å². The van der Waals surface area contributed by atoms with Gasteiger partial charge >= 0.3 is 0 Å². The number of nitrogens with one attached hydrogen (secondary N) is 1. The first kappa shape index (κ1) is 30.2. The first-order valence-corrected chi connectivity index (χ1v) is 13.2. The minimum atomic E-state index is 0.364. The molecule has 2 heteroatoms. The Balaban J connectivity index is 0.00000227. The fraction of sp³-hybridized carbons (Fsp3) is 0.600. The molecule has 0 radical (unpaired) electrons. The zero-order chi connectivity index (χ0) is 24.2. The maximum atomic E-state index is 4.04.